The lowest BCUT2D eigenvalue weighted by Crippen LogP contribution is -2.49. The van der Waals surface area contributed by atoms with Crippen molar-refractivity contribution in [3.8, 4) is 11.1 Å². The molecule has 5 nitrogen and oxygen atoms in total. The van der Waals surface area contributed by atoms with Crippen LogP contribution in [0.15, 0.2) is 72.8 Å². The number of amides is 2. The van der Waals surface area contributed by atoms with Crippen molar-refractivity contribution < 1.29 is 27.5 Å². The first kappa shape index (κ1) is 28.2. The van der Waals surface area contributed by atoms with E-state index in [-0.39, 0.29) is 19.5 Å². The van der Waals surface area contributed by atoms with Crippen molar-refractivity contribution in [2.24, 2.45) is 0 Å². The fraction of sp³-hybridized carbons (Fsp3) is 0.355. The van der Waals surface area contributed by atoms with Crippen molar-refractivity contribution in [2.75, 3.05) is 13.1 Å². The Labute approximate surface area is 227 Å². The standard InChI is InChI=1S/C31H33F3N2O3/c1-21-13-15-22(16-14-21)19-36(28(38)39-29(2,3)4)18-17-30(27(37)35-20-31(32,33)34)25-11-7-5-9-23(25)24-10-6-8-12-26(24)30/h5-16H,17-20H2,1-4H3,(H,35,37). The van der Waals surface area contributed by atoms with Gasteiger partial charge in [-0.25, -0.2) is 4.79 Å². The minimum absolute atomic E-state index is 0.0653. The van der Waals surface area contributed by atoms with Crippen LogP contribution in [-0.4, -0.2) is 41.8 Å². The third-order valence-corrected chi connectivity index (χ3v) is 6.80. The van der Waals surface area contributed by atoms with Gasteiger partial charge in [0, 0.05) is 13.1 Å². The van der Waals surface area contributed by atoms with Crippen LogP contribution in [0.25, 0.3) is 11.1 Å². The zero-order valence-corrected chi connectivity index (χ0v) is 22.6. The molecule has 0 radical (unpaired) electrons. The van der Waals surface area contributed by atoms with Gasteiger partial charge in [-0.1, -0.05) is 78.4 Å². The second-order valence-corrected chi connectivity index (χ2v) is 10.9. The van der Waals surface area contributed by atoms with Gasteiger partial charge in [-0.2, -0.15) is 13.2 Å². The first-order chi connectivity index (χ1) is 18.3. The number of nitrogens with zero attached hydrogens (tertiary/aromatic N) is 1. The topological polar surface area (TPSA) is 58.6 Å². The highest BCUT2D eigenvalue weighted by atomic mass is 19.4. The number of ether oxygens (including phenoxy) is 1. The van der Waals surface area contributed by atoms with Crippen LogP contribution < -0.4 is 5.32 Å². The van der Waals surface area contributed by atoms with E-state index < -0.39 is 35.7 Å². The van der Waals surface area contributed by atoms with E-state index in [2.05, 4.69) is 5.32 Å². The number of alkyl halides is 3. The van der Waals surface area contributed by atoms with E-state index in [1.54, 1.807) is 45.0 Å². The second kappa shape index (κ2) is 10.8. The number of rotatable bonds is 7. The third-order valence-electron chi connectivity index (χ3n) is 6.80. The normalized spacial score (nSPS) is 13.8. The van der Waals surface area contributed by atoms with Crippen LogP contribution in [0.1, 0.15) is 49.4 Å². The van der Waals surface area contributed by atoms with Crippen molar-refractivity contribution in [3.63, 3.8) is 0 Å². The van der Waals surface area contributed by atoms with Gasteiger partial charge in [0.15, 0.2) is 0 Å². The van der Waals surface area contributed by atoms with Gasteiger partial charge in [0.2, 0.25) is 5.91 Å². The average Bonchev–Trinajstić information content (AvgIpc) is 3.15. The maximum absolute atomic E-state index is 13.8. The molecule has 1 aliphatic carbocycles. The van der Waals surface area contributed by atoms with Crippen molar-refractivity contribution in [3.05, 3.63) is 95.1 Å². The summed E-state index contributed by atoms with van der Waals surface area (Å²) in [7, 11) is 0. The largest absolute Gasteiger partial charge is 0.444 e. The summed E-state index contributed by atoms with van der Waals surface area (Å²) >= 11 is 0. The predicted molar refractivity (Wildman–Crippen MR) is 144 cm³/mol. The molecule has 1 aliphatic rings. The molecular formula is C31H33F3N2O3. The molecule has 206 valence electrons. The minimum Gasteiger partial charge on any atom is -0.444 e. The van der Waals surface area contributed by atoms with Crippen LogP contribution in [0.3, 0.4) is 0 Å². The molecule has 3 aromatic rings. The molecule has 3 aromatic carbocycles. The summed E-state index contributed by atoms with van der Waals surface area (Å²) < 4.78 is 45.2. The summed E-state index contributed by atoms with van der Waals surface area (Å²) in [6.07, 6.45) is -5.06. The molecule has 0 aliphatic heterocycles. The van der Waals surface area contributed by atoms with Gasteiger partial charge in [-0.15, -0.1) is 0 Å². The number of aryl methyl sites for hydroxylation is 1. The number of benzene rings is 3. The Morgan fingerprint density at radius 1 is 0.872 bits per heavy atom. The average molecular weight is 539 g/mol. The molecule has 0 spiro atoms. The fourth-order valence-corrected chi connectivity index (χ4v) is 5.06. The van der Waals surface area contributed by atoms with Crippen LogP contribution in [0, 0.1) is 6.92 Å². The van der Waals surface area contributed by atoms with Gasteiger partial charge >= 0.3 is 12.3 Å². The second-order valence-electron chi connectivity index (χ2n) is 10.9. The van der Waals surface area contributed by atoms with Gasteiger partial charge in [0.1, 0.15) is 17.6 Å². The molecule has 0 fully saturated rings. The van der Waals surface area contributed by atoms with E-state index in [0.29, 0.717) is 11.1 Å². The van der Waals surface area contributed by atoms with E-state index in [0.717, 1.165) is 22.3 Å². The lowest BCUT2D eigenvalue weighted by atomic mass is 9.74. The number of fused-ring (bicyclic) bond motifs is 3. The summed E-state index contributed by atoms with van der Waals surface area (Å²) in [6.45, 7) is 6.12. The Morgan fingerprint density at radius 2 is 1.41 bits per heavy atom. The number of hydrogen-bond acceptors (Lipinski definition) is 3. The number of halogens is 3. The highest BCUT2D eigenvalue weighted by molar-refractivity contribution is 6.00. The van der Waals surface area contributed by atoms with Crippen LogP contribution in [0.2, 0.25) is 0 Å². The summed E-state index contributed by atoms with van der Waals surface area (Å²) in [4.78, 5) is 28.6. The summed E-state index contributed by atoms with van der Waals surface area (Å²) in [5, 5.41) is 2.14. The minimum atomic E-state index is -4.57. The van der Waals surface area contributed by atoms with Crippen molar-refractivity contribution in [1.82, 2.24) is 10.2 Å². The maximum Gasteiger partial charge on any atom is 0.410 e. The summed E-state index contributed by atoms with van der Waals surface area (Å²) in [5.74, 6) is -0.753. The van der Waals surface area contributed by atoms with E-state index >= 15 is 0 Å². The SMILES string of the molecule is Cc1ccc(CN(CCC2(C(=O)NCC(F)(F)F)c3ccccc3-c3ccccc32)C(=O)OC(C)(C)C)cc1. The van der Waals surface area contributed by atoms with Crippen LogP contribution in [0.4, 0.5) is 18.0 Å². The lowest BCUT2D eigenvalue weighted by Gasteiger charge is -2.34. The molecule has 0 atom stereocenters. The highest BCUT2D eigenvalue weighted by Gasteiger charge is 2.49. The zero-order chi connectivity index (χ0) is 28.4. The van der Waals surface area contributed by atoms with E-state index in [1.165, 1.54) is 4.90 Å². The summed E-state index contributed by atoms with van der Waals surface area (Å²) in [6, 6.07) is 22.2. The zero-order valence-electron chi connectivity index (χ0n) is 22.6. The number of nitrogens with one attached hydrogen (secondary N) is 1. The number of carbonyl (C=O) groups excluding carboxylic acids is 2. The Morgan fingerprint density at radius 3 is 1.92 bits per heavy atom. The quantitative estimate of drug-likeness (QED) is 0.361. The molecule has 4 rings (SSSR count). The van der Waals surface area contributed by atoms with Gasteiger partial charge < -0.3 is 15.0 Å². The molecule has 0 saturated heterocycles. The van der Waals surface area contributed by atoms with E-state index in [1.807, 2.05) is 55.5 Å². The Kier molecular flexibility index (Phi) is 7.77. The third kappa shape index (κ3) is 6.27. The molecule has 0 heterocycles. The lowest BCUT2D eigenvalue weighted by molar-refractivity contribution is -0.141. The van der Waals surface area contributed by atoms with Gasteiger partial charge in [-0.05, 0) is 61.9 Å². The molecule has 0 bridgehead atoms. The van der Waals surface area contributed by atoms with Crippen molar-refractivity contribution in [2.45, 2.75) is 57.9 Å². The van der Waals surface area contributed by atoms with Crippen molar-refractivity contribution in [1.29, 1.82) is 0 Å². The molecular weight excluding hydrogens is 505 g/mol. The smallest absolute Gasteiger partial charge is 0.410 e. The Balaban J connectivity index is 1.75. The first-order valence-electron chi connectivity index (χ1n) is 12.9. The summed E-state index contributed by atoms with van der Waals surface area (Å²) in [5.41, 5.74) is 2.57. The monoisotopic (exact) mass is 538 g/mol. The fourth-order valence-electron chi connectivity index (χ4n) is 5.06. The number of hydrogen-bond donors (Lipinski definition) is 1. The Hall–Kier alpha value is -3.81. The molecule has 39 heavy (non-hydrogen) atoms. The van der Waals surface area contributed by atoms with E-state index in [9.17, 15) is 22.8 Å². The van der Waals surface area contributed by atoms with Crippen LogP contribution in [0.5, 0.6) is 0 Å². The van der Waals surface area contributed by atoms with E-state index in [4.69, 9.17) is 4.74 Å². The molecule has 2 amide bonds. The first-order valence-corrected chi connectivity index (χ1v) is 12.9. The van der Waals surface area contributed by atoms with Gasteiger partial charge in [-0.3, -0.25) is 4.79 Å². The maximum atomic E-state index is 13.8. The van der Waals surface area contributed by atoms with Crippen LogP contribution >= 0.6 is 0 Å². The highest BCUT2D eigenvalue weighted by Crippen LogP contribution is 2.51. The molecule has 0 saturated carbocycles. The Bertz CT molecular complexity index is 1300. The van der Waals surface area contributed by atoms with Crippen LogP contribution in [-0.2, 0) is 21.5 Å². The molecule has 1 N–H and O–H groups in total. The molecule has 8 heteroatoms. The molecule has 0 unspecified atom stereocenters. The predicted octanol–water partition coefficient (Wildman–Crippen LogP) is 6.77. The van der Waals surface area contributed by atoms with Gasteiger partial charge in [0.05, 0.1) is 0 Å². The number of carbonyl (C=O) groups is 2. The molecule has 0 aromatic heterocycles. The van der Waals surface area contributed by atoms with Crippen molar-refractivity contribution >= 4 is 12.0 Å². The van der Waals surface area contributed by atoms with Gasteiger partial charge in [0.25, 0.3) is 0 Å².